The van der Waals surface area contributed by atoms with Crippen LogP contribution in [-0.2, 0) is 0 Å². The Bertz CT molecular complexity index is 370. The van der Waals surface area contributed by atoms with Gasteiger partial charge in [-0.05, 0) is 47.8 Å². The van der Waals surface area contributed by atoms with Gasteiger partial charge in [-0.1, -0.05) is 39.0 Å². The van der Waals surface area contributed by atoms with Crippen molar-refractivity contribution in [3.63, 3.8) is 0 Å². The Morgan fingerprint density at radius 2 is 2.06 bits per heavy atom. The summed E-state index contributed by atoms with van der Waals surface area (Å²) in [6, 6.07) is 7.21. The number of hydrogen-bond acceptors (Lipinski definition) is 1. The first-order valence-electron chi connectivity index (χ1n) is 6.52. The summed E-state index contributed by atoms with van der Waals surface area (Å²) >= 11 is 0. The molecule has 88 valence electrons. The van der Waals surface area contributed by atoms with Crippen molar-refractivity contribution in [2.45, 2.75) is 57.9 Å². The van der Waals surface area contributed by atoms with Gasteiger partial charge in [0.05, 0.1) is 0 Å². The Kier molecular flexibility index (Phi) is 3.34. The van der Waals surface area contributed by atoms with Gasteiger partial charge < -0.3 is 5.73 Å². The van der Waals surface area contributed by atoms with Crippen LogP contribution in [0.5, 0.6) is 0 Å². The average Bonchev–Trinajstić information content (AvgIpc) is 2.32. The molecule has 3 atom stereocenters. The third-order valence-electron chi connectivity index (χ3n) is 4.13. The van der Waals surface area contributed by atoms with E-state index in [0.29, 0.717) is 11.8 Å². The predicted molar refractivity (Wildman–Crippen MR) is 69.7 cm³/mol. The maximum Gasteiger partial charge on any atom is 0.0297 e. The molecule has 0 heterocycles. The number of hydrogen-bond donors (Lipinski definition) is 1. The van der Waals surface area contributed by atoms with Gasteiger partial charge in [-0.3, -0.25) is 0 Å². The van der Waals surface area contributed by atoms with Crippen LogP contribution < -0.4 is 5.73 Å². The molecule has 0 aliphatic heterocycles. The van der Waals surface area contributed by atoms with Gasteiger partial charge in [-0.2, -0.15) is 0 Å². The molecule has 1 heteroatoms. The Labute approximate surface area is 99.0 Å². The lowest BCUT2D eigenvalue weighted by molar-refractivity contribution is 0.512. The molecule has 0 amide bonds. The van der Waals surface area contributed by atoms with Crippen LogP contribution in [0.1, 0.15) is 74.6 Å². The lowest BCUT2D eigenvalue weighted by Crippen LogP contribution is -2.19. The van der Waals surface area contributed by atoms with Crippen LogP contribution in [-0.4, -0.2) is 0 Å². The minimum absolute atomic E-state index is 0.259. The minimum atomic E-state index is 0.259. The summed E-state index contributed by atoms with van der Waals surface area (Å²) in [4.78, 5) is 0. The van der Waals surface area contributed by atoms with Gasteiger partial charge >= 0.3 is 0 Å². The highest BCUT2D eigenvalue weighted by Gasteiger charge is 2.22. The van der Waals surface area contributed by atoms with E-state index in [-0.39, 0.29) is 6.04 Å². The zero-order valence-electron chi connectivity index (χ0n) is 10.7. The van der Waals surface area contributed by atoms with Crippen molar-refractivity contribution in [3.05, 3.63) is 34.9 Å². The zero-order chi connectivity index (χ0) is 11.7. The fourth-order valence-electron chi connectivity index (χ4n) is 2.65. The van der Waals surface area contributed by atoms with Gasteiger partial charge in [0.2, 0.25) is 0 Å². The van der Waals surface area contributed by atoms with Crippen molar-refractivity contribution in [2.24, 2.45) is 5.73 Å². The van der Waals surface area contributed by atoms with Gasteiger partial charge in [0.25, 0.3) is 0 Å². The second kappa shape index (κ2) is 4.58. The van der Waals surface area contributed by atoms with E-state index in [1.807, 2.05) is 0 Å². The molecule has 0 bridgehead atoms. The molecule has 2 N–H and O–H groups in total. The lowest BCUT2D eigenvalue weighted by Gasteiger charge is -2.28. The molecule has 16 heavy (non-hydrogen) atoms. The van der Waals surface area contributed by atoms with E-state index in [2.05, 4.69) is 39.0 Å². The molecular weight excluding hydrogens is 194 g/mol. The standard InChI is InChI=1S/C15H23N/c1-4-10(2)12-6-7-13-11(3)5-8-15(16)14(13)9-12/h6-7,9-11,15H,4-5,8,16H2,1-3H3. The van der Waals surface area contributed by atoms with Gasteiger partial charge in [0.15, 0.2) is 0 Å². The molecule has 0 saturated heterocycles. The highest BCUT2D eigenvalue weighted by molar-refractivity contribution is 5.39. The van der Waals surface area contributed by atoms with E-state index in [0.717, 1.165) is 6.42 Å². The smallest absolute Gasteiger partial charge is 0.0297 e. The van der Waals surface area contributed by atoms with Crippen LogP contribution in [0.25, 0.3) is 0 Å². The first kappa shape index (κ1) is 11.7. The molecule has 0 radical (unpaired) electrons. The fourth-order valence-corrected chi connectivity index (χ4v) is 2.65. The van der Waals surface area contributed by atoms with Crippen LogP contribution in [0, 0.1) is 0 Å². The molecule has 0 fully saturated rings. The lowest BCUT2D eigenvalue weighted by atomic mass is 9.79. The Morgan fingerprint density at radius 1 is 1.31 bits per heavy atom. The molecule has 1 aliphatic carbocycles. The zero-order valence-corrected chi connectivity index (χ0v) is 10.7. The van der Waals surface area contributed by atoms with Gasteiger partial charge in [0.1, 0.15) is 0 Å². The molecule has 1 aromatic carbocycles. The maximum atomic E-state index is 6.22. The summed E-state index contributed by atoms with van der Waals surface area (Å²) in [6.07, 6.45) is 3.57. The van der Waals surface area contributed by atoms with Crippen molar-refractivity contribution in [3.8, 4) is 0 Å². The average molecular weight is 217 g/mol. The van der Waals surface area contributed by atoms with E-state index in [4.69, 9.17) is 5.73 Å². The van der Waals surface area contributed by atoms with Gasteiger partial charge in [-0.15, -0.1) is 0 Å². The van der Waals surface area contributed by atoms with E-state index in [9.17, 15) is 0 Å². The third kappa shape index (κ3) is 2.01. The first-order chi connectivity index (χ1) is 7.63. The molecule has 1 aromatic rings. The van der Waals surface area contributed by atoms with Crippen molar-refractivity contribution in [2.75, 3.05) is 0 Å². The Morgan fingerprint density at radius 3 is 2.75 bits per heavy atom. The highest BCUT2D eigenvalue weighted by Crippen LogP contribution is 2.37. The normalized spacial score (nSPS) is 26.2. The largest absolute Gasteiger partial charge is 0.324 e. The van der Waals surface area contributed by atoms with Crippen molar-refractivity contribution in [1.82, 2.24) is 0 Å². The molecule has 3 unspecified atom stereocenters. The summed E-state index contributed by atoms with van der Waals surface area (Å²) in [5, 5.41) is 0. The summed E-state index contributed by atoms with van der Waals surface area (Å²) in [7, 11) is 0. The molecule has 0 saturated carbocycles. The monoisotopic (exact) mass is 217 g/mol. The fraction of sp³-hybridized carbons (Fsp3) is 0.600. The maximum absolute atomic E-state index is 6.22. The first-order valence-corrected chi connectivity index (χ1v) is 6.52. The SMILES string of the molecule is CCC(C)c1ccc2c(c1)C(N)CCC2C. The molecule has 1 nitrogen and oxygen atoms in total. The van der Waals surface area contributed by atoms with E-state index >= 15 is 0 Å². The molecule has 2 rings (SSSR count). The quantitative estimate of drug-likeness (QED) is 0.793. The van der Waals surface area contributed by atoms with Gasteiger partial charge in [0, 0.05) is 6.04 Å². The van der Waals surface area contributed by atoms with Crippen LogP contribution in [0.3, 0.4) is 0 Å². The van der Waals surface area contributed by atoms with Crippen LogP contribution in [0.2, 0.25) is 0 Å². The second-order valence-electron chi connectivity index (χ2n) is 5.28. The molecule has 0 spiro atoms. The molecule has 1 aliphatic rings. The molecular formula is C15H23N. The number of benzene rings is 1. The van der Waals surface area contributed by atoms with E-state index < -0.39 is 0 Å². The predicted octanol–water partition coefficient (Wildman–Crippen LogP) is 4.10. The summed E-state index contributed by atoms with van der Waals surface area (Å²) in [5.74, 6) is 1.33. The number of fused-ring (bicyclic) bond motifs is 1. The molecule has 0 aromatic heterocycles. The van der Waals surface area contributed by atoms with Crippen molar-refractivity contribution < 1.29 is 0 Å². The van der Waals surface area contributed by atoms with E-state index in [1.165, 1.54) is 29.5 Å². The highest BCUT2D eigenvalue weighted by atomic mass is 14.6. The topological polar surface area (TPSA) is 26.0 Å². The van der Waals surface area contributed by atoms with Crippen LogP contribution in [0.15, 0.2) is 18.2 Å². The van der Waals surface area contributed by atoms with Gasteiger partial charge in [-0.25, -0.2) is 0 Å². The minimum Gasteiger partial charge on any atom is -0.324 e. The Balaban J connectivity index is 2.40. The second-order valence-corrected chi connectivity index (χ2v) is 5.28. The summed E-state index contributed by atoms with van der Waals surface area (Å²) in [6.45, 7) is 6.85. The van der Waals surface area contributed by atoms with E-state index in [1.54, 1.807) is 0 Å². The van der Waals surface area contributed by atoms with Crippen LogP contribution >= 0.6 is 0 Å². The summed E-state index contributed by atoms with van der Waals surface area (Å²) < 4.78 is 0. The summed E-state index contributed by atoms with van der Waals surface area (Å²) in [5.41, 5.74) is 10.5. The third-order valence-corrected chi connectivity index (χ3v) is 4.13. The van der Waals surface area contributed by atoms with Crippen LogP contribution in [0.4, 0.5) is 0 Å². The number of nitrogens with two attached hydrogens (primary N) is 1. The Hall–Kier alpha value is -0.820. The van der Waals surface area contributed by atoms with Crippen molar-refractivity contribution in [1.29, 1.82) is 0 Å². The van der Waals surface area contributed by atoms with Crippen molar-refractivity contribution >= 4 is 0 Å². The number of rotatable bonds is 2.